The lowest BCUT2D eigenvalue weighted by Gasteiger charge is -2.18. The molecule has 0 radical (unpaired) electrons. The topological polar surface area (TPSA) is 72.3 Å². The summed E-state index contributed by atoms with van der Waals surface area (Å²) in [4.78, 5) is 13.8. The molecule has 8 heteroatoms. The Labute approximate surface area is 139 Å². The van der Waals surface area contributed by atoms with Gasteiger partial charge in [-0.05, 0) is 30.9 Å². The third-order valence-electron chi connectivity index (χ3n) is 3.75. The second kappa shape index (κ2) is 6.86. The Morgan fingerprint density at radius 1 is 1.50 bits per heavy atom. The molecule has 1 saturated carbocycles. The van der Waals surface area contributed by atoms with Crippen molar-refractivity contribution in [2.45, 2.75) is 19.4 Å². The zero-order valence-electron chi connectivity index (χ0n) is 13.7. The van der Waals surface area contributed by atoms with Crippen molar-refractivity contribution in [2.75, 3.05) is 19.0 Å². The average molecular weight is 333 g/mol. The van der Waals surface area contributed by atoms with E-state index in [-0.39, 0.29) is 6.03 Å². The Hall–Kier alpha value is -2.64. The molecule has 0 atom stereocenters. The van der Waals surface area contributed by atoms with Gasteiger partial charge in [-0.3, -0.25) is 4.68 Å². The first-order valence-electron chi connectivity index (χ1n) is 7.81. The smallest absolute Gasteiger partial charge is 0.322 e. The molecule has 1 aliphatic carbocycles. The first-order chi connectivity index (χ1) is 11.5. The second-order valence-electron chi connectivity index (χ2n) is 6.06. The van der Waals surface area contributed by atoms with E-state index in [2.05, 4.69) is 15.6 Å². The Bertz CT molecular complexity index is 729. The van der Waals surface area contributed by atoms with Crippen LogP contribution in [-0.2, 0) is 13.6 Å². The van der Waals surface area contributed by atoms with Crippen LogP contribution >= 0.6 is 0 Å². The highest BCUT2D eigenvalue weighted by atomic mass is 19.1. The highest BCUT2D eigenvalue weighted by Crippen LogP contribution is 2.32. The summed E-state index contributed by atoms with van der Waals surface area (Å²) in [6, 6.07) is 3.75. The molecule has 1 aliphatic rings. The number of benzene rings is 1. The Balaban J connectivity index is 1.64. The van der Waals surface area contributed by atoms with Crippen molar-refractivity contribution in [1.29, 1.82) is 0 Å². The van der Waals surface area contributed by atoms with Gasteiger partial charge in [-0.15, -0.1) is 5.10 Å². The van der Waals surface area contributed by atoms with Crippen molar-refractivity contribution in [3.63, 3.8) is 0 Å². The number of hydrogen-bond donors (Lipinski definition) is 1. The number of aromatic nitrogens is 3. The largest absolute Gasteiger partial charge is 0.491 e. The summed E-state index contributed by atoms with van der Waals surface area (Å²) in [6.45, 7) is 0.886. The van der Waals surface area contributed by atoms with Crippen LogP contribution in [0.4, 0.5) is 14.9 Å². The minimum atomic E-state index is -0.430. The van der Waals surface area contributed by atoms with Gasteiger partial charge >= 0.3 is 6.03 Å². The summed E-state index contributed by atoms with van der Waals surface area (Å²) < 4.78 is 20.8. The van der Waals surface area contributed by atoms with E-state index in [4.69, 9.17) is 4.74 Å². The molecule has 24 heavy (non-hydrogen) atoms. The minimum absolute atomic E-state index is 0.299. The Kier molecular flexibility index (Phi) is 4.64. The maximum atomic E-state index is 13.5. The summed E-state index contributed by atoms with van der Waals surface area (Å²) in [5.74, 6) is 0.614. The van der Waals surface area contributed by atoms with Crippen molar-refractivity contribution in [1.82, 2.24) is 19.9 Å². The van der Waals surface area contributed by atoms with Crippen LogP contribution in [-0.4, -0.2) is 39.6 Å². The first-order valence-corrected chi connectivity index (χ1v) is 7.81. The fourth-order valence-electron chi connectivity index (χ4n) is 2.21. The zero-order valence-corrected chi connectivity index (χ0v) is 13.7. The normalized spacial score (nSPS) is 13.6. The van der Waals surface area contributed by atoms with Crippen LogP contribution in [0, 0.1) is 11.7 Å². The summed E-state index contributed by atoms with van der Waals surface area (Å²) in [5.41, 5.74) is 0.992. The predicted molar refractivity (Wildman–Crippen MR) is 86.1 cm³/mol. The molecule has 0 unspecified atom stereocenters. The van der Waals surface area contributed by atoms with E-state index >= 15 is 0 Å². The molecule has 1 aromatic carbocycles. The third-order valence-corrected chi connectivity index (χ3v) is 3.75. The van der Waals surface area contributed by atoms with Crippen molar-refractivity contribution in [3.8, 4) is 5.75 Å². The standard InChI is InChI=1S/C16H20FN5O2/c1-21(8-13-9-22(2)20-19-13)16(23)18-14-7-12(17)5-6-15(14)24-10-11-3-4-11/h5-7,9,11H,3-4,8,10H2,1-2H3,(H,18,23). The van der Waals surface area contributed by atoms with Crippen LogP contribution < -0.4 is 10.1 Å². The SMILES string of the molecule is CN(Cc1cn(C)nn1)C(=O)Nc1cc(F)ccc1OCC1CC1. The van der Waals surface area contributed by atoms with Crippen LogP contribution in [0.15, 0.2) is 24.4 Å². The number of anilines is 1. The molecule has 2 amide bonds. The molecule has 7 nitrogen and oxygen atoms in total. The van der Waals surface area contributed by atoms with E-state index in [0.717, 1.165) is 12.8 Å². The van der Waals surface area contributed by atoms with E-state index in [1.807, 2.05) is 0 Å². The van der Waals surface area contributed by atoms with Crippen LogP contribution in [0.25, 0.3) is 0 Å². The van der Waals surface area contributed by atoms with E-state index < -0.39 is 5.82 Å². The summed E-state index contributed by atoms with van der Waals surface area (Å²) >= 11 is 0. The van der Waals surface area contributed by atoms with Crippen molar-refractivity contribution in [3.05, 3.63) is 35.9 Å². The number of aryl methyl sites for hydroxylation is 1. The van der Waals surface area contributed by atoms with E-state index in [9.17, 15) is 9.18 Å². The lowest BCUT2D eigenvalue weighted by atomic mass is 10.3. The van der Waals surface area contributed by atoms with Gasteiger partial charge in [0.2, 0.25) is 0 Å². The summed E-state index contributed by atoms with van der Waals surface area (Å²) in [7, 11) is 3.39. The number of urea groups is 1. The highest BCUT2D eigenvalue weighted by molar-refractivity contribution is 5.90. The summed E-state index contributed by atoms with van der Waals surface area (Å²) in [6.07, 6.45) is 4.05. The second-order valence-corrected chi connectivity index (χ2v) is 6.06. The zero-order chi connectivity index (χ0) is 17.1. The molecule has 1 aromatic heterocycles. The maximum absolute atomic E-state index is 13.5. The lowest BCUT2D eigenvalue weighted by Crippen LogP contribution is -2.31. The molecule has 2 aromatic rings. The molecule has 0 aliphatic heterocycles. The fraction of sp³-hybridized carbons (Fsp3) is 0.438. The number of rotatable bonds is 6. The molecule has 0 bridgehead atoms. The molecule has 0 saturated heterocycles. The van der Waals surface area contributed by atoms with Gasteiger partial charge in [-0.2, -0.15) is 0 Å². The predicted octanol–water partition coefficient (Wildman–Crippen LogP) is 2.41. The van der Waals surface area contributed by atoms with Crippen molar-refractivity contribution >= 4 is 11.7 Å². The number of nitrogens with one attached hydrogen (secondary N) is 1. The number of hydrogen-bond acceptors (Lipinski definition) is 4. The van der Waals surface area contributed by atoms with Gasteiger partial charge in [-0.25, -0.2) is 9.18 Å². The summed E-state index contributed by atoms with van der Waals surface area (Å²) in [5, 5.41) is 10.5. The van der Waals surface area contributed by atoms with Gasteiger partial charge in [0.15, 0.2) is 0 Å². The van der Waals surface area contributed by atoms with Crippen LogP contribution in [0.5, 0.6) is 5.75 Å². The van der Waals surface area contributed by atoms with Crippen molar-refractivity contribution < 1.29 is 13.9 Å². The molecule has 1 heterocycles. The lowest BCUT2D eigenvalue weighted by molar-refractivity contribution is 0.220. The third kappa shape index (κ3) is 4.21. The molecule has 128 valence electrons. The molecule has 1 N–H and O–H groups in total. The molecule has 3 rings (SSSR count). The van der Waals surface area contributed by atoms with Gasteiger partial charge < -0.3 is 15.0 Å². The van der Waals surface area contributed by atoms with Gasteiger partial charge in [0, 0.05) is 26.4 Å². The van der Waals surface area contributed by atoms with E-state index in [1.54, 1.807) is 25.0 Å². The fourth-order valence-corrected chi connectivity index (χ4v) is 2.21. The Morgan fingerprint density at radius 2 is 2.29 bits per heavy atom. The number of nitrogens with zero attached hydrogens (tertiary/aromatic N) is 4. The minimum Gasteiger partial charge on any atom is -0.491 e. The quantitative estimate of drug-likeness (QED) is 0.881. The van der Waals surface area contributed by atoms with Crippen LogP contribution in [0.2, 0.25) is 0 Å². The monoisotopic (exact) mass is 333 g/mol. The number of ether oxygens (including phenoxy) is 1. The average Bonchev–Trinajstić information content (AvgIpc) is 3.28. The van der Waals surface area contributed by atoms with E-state index in [0.29, 0.717) is 36.2 Å². The molecular formula is C16H20FN5O2. The van der Waals surface area contributed by atoms with Gasteiger partial charge in [0.05, 0.1) is 18.8 Å². The van der Waals surface area contributed by atoms with Gasteiger partial charge in [0.1, 0.15) is 17.3 Å². The highest BCUT2D eigenvalue weighted by Gasteiger charge is 2.23. The van der Waals surface area contributed by atoms with Crippen LogP contribution in [0.1, 0.15) is 18.5 Å². The Morgan fingerprint density at radius 3 is 2.96 bits per heavy atom. The van der Waals surface area contributed by atoms with Gasteiger partial charge in [-0.1, -0.05) is 5.21 Å². The molecule has 1 fully saturated rings. The number of carbonyl (C=O) groups is 1. The maximum Gasteiger partial charge on any atom is 0.322 e. The number of carbonyl (C=O) groups excluding carboxylic acids is 1. The van der Waals surface area contributed by atoms with Crippen LogP contribution in [0.3, 0.4) is 0 Å². The number of amides is 2. The first kappa shape index (κ1) is 16.2. The van der Waals surface area contributed by atoms with Crippen molar-refractivity contribution in [2.24, 2.45) is 13.0 Å². The van der Waals surface area contributed by atoms with Gasteiger partial charge in [0.25, 0.3) is 0 Å². The number of halogens is 1. The molecular weight excluding hydrogens is 313 g/mol. The molecule has 0 spiro atoms. The van der Waals surface area contributed by atoms with E-state index in [1.165, 1.54) is 23.1 Å².